The SMILES string of the molecule is CN1CCc2cc([C@@H](CNC(=O)C(=O)Nc3ccc4c(c3)OCO4)N(C)C)ccc21. The monoisotopic (exact) mass is 410 g/mol. The third-order valence-electron chi connectivity index (χ3n) is 5.53. The Kier molecular flexibility index (Phi) is 5.50. The lowest BCUT2D eigenvalue weighted by Crippen LogP contribution is -2.40. The number of fused-ring (bicyclic) bond motifs is 2. The molecule has 2 heterocycles. The number of carbonyl (C=O) groups excluding carboxylic acids is 2. The average Bonchev–Trinajstić information content (AvgIpc) is 3.33. The van der Waals surface area contributed by atoms with Crippen LogP contribution >= 0.6 is 0 Å². The molecule has 0 saturated heterocycles. The van der Waals surface area contributed by atoms with Gasteiger partial charge in [-0.25, -0.2) is 0 Å². The highest BCUT2D eigenvalue weighted by Crippen LogP contribution is 2.34. The number of nitrogens with one attached hydrogen (secondary N) is 2. The fourth-order valence-electron chi connectivity index (χ4n) is 3.82. The molecule has 1 atom stereocenters. The molecule has 2 aromatic rings. The van der Waals surface area contributed by atoms with Gasteiger partial charge in [0.05, 0.1) is 6.04 Å². The van der Waals surface area contributed by atoms with Gasteiger partial charge in [-0.3, -0.25) is 9.59 Å². The van der Waals surface area contributed by atoms with Crippen molar-refractivity contribution in [2.45, 2.75) is 12.5 Å². The van der Waals surface area contributed by atoms with E-state index < -0.39 is 11.8 Å². The first-order chi connectivity index (χ1) is 14.4. The highest BCUT2D eigenvalue weighted by atomic mass is 16.7. The van der Waals surface area contributed by atoms with Gasteiger partial charge in [0.2, 0.25) is 6.79 Å². The Labute approximate surface area is 175 Å². The van der Waals surface area contributed by atoms with Crippen LogP contribution in [0.3, 0.4) is 0 Å². The Morgan fingerprint density at radius 3 is 2.70 bits per heavy atom. The lowest BCUT2D eigenvalue weighted by atomic mass is 10.0. The quantitative estimate of drug-likeness (QED) is 0.731. The lowest BCUT2D eigenvalue weighted by Gasteiger charge is -2.26. The molecular formula is C22H26N4O4. The Morgan fingerprint density at radius 1 is 1.10 bits per heavy atom. The van der Waals surface area contributed by atoms with E-state index in [-0.39, 0.29) is 12.8 Å². The molecule has 2 aromatic carbocycles. The second kappa shape index (κ2) is 8.23. The molecule has 0 bridgehead atoms. The second-order valence-electron chi connectivity index (χ2n) is 7.77. The zero-order chi connectivity index (χ0) is 21.3. The Bertz CT molecular complexity index is 976. The van der Waals surface area contributed by atoms with Gasteiger partial charge in [0.1, 0.15) is 0 Å². The smallest absolute Gasteiger partial charge is 0.313 e. The minimum Gasteiger partial charge on any atom is -0.454 e. The molecule has 2 N–H and O–H groups in total. The van der Waals surface area contributed by atoms with E-state index in [1.165, 1.54) is 11.3 Å². The summed E-state index contributed by atoms with van der Waals surface area (Å²) in [6.07, 6.45) is 1.02. The summed E-state index contributed by atoms with van der Waals surface area (Å²) < 4.78 is 10.5. The molecule has 0 fully saturated rings. The van der Waals surface area contributed by atoms with Gasteiger partial charge in [-0.2, -0.15) is 0 Å². The number of ether oxygens (including phenoxy) is 2. The summed E-state index contributed by atoms with van der Waals surface area (Å²) in [5.74, 6) is -0.239. The fourth-order valence-corrected chi connectivity index (χ4v) is 3.82. The highest BCUT2D eigenvalue weighted by Gasteiger charge is 2.22. The average molecular weight is 410 g/mol. The first-order valence-corrected chi connectivity index (χ1v) is 9.91. The maximum atomic E-state index is 12.4. The molecule has 4 rings (SSSR count). The number of hydrogen-bond donors (Lipinski definition) is 2. The Hall–Kier alpha value is -3.26. The van der Waals surface area contributed by atoms with Crippen molar-refractivity contribution in [3.63, 3.8) is 0 Å². The molecule has 2 aliphatic heterocycles. The van der Waals surface area contributed by atoms with Crippen LogP contribution in [0.5, 0.6) is 11.5 Å². The zero-order valence-electron chi connectivity index (χ0n) is 17.4. The fraction of sp³-hybridized carbons (Fsp3) is 0.364. The standard InChI is InChI=1S/C22H26N4O4/c1-25(2)18(14-4-6-17-15(10-14)8-9-26(17)3)12-23-21(27)22(28)24-16-5-7-19-20(11-16)30-13-29-19/h4-7,10-11,18H,8-9,12-13H2,1-3H3,(H,23,27)(H,24,28)/t18-/m1/s1. The van der Waals surface area contributed by atoms with E-state index in [1.807, 2.05) is 19.0 Å². The molecule has 0 spiro atoms. The molecular weight excluding hydrogens is 384 g/mol. The predicted octanol–water partition coefficient (Wildman–Crippen LogP) is 1.77. The van der Waals surface area contributed by atoms with E-state index >= 15 is 0 Å². The normalized spacial score (nSPS) is 15.1. The van der Waals surface area contributed by atoms with Crippen molar-refractivity contribution in [2.24, 2.45) is 0 Å². The molecule has 0 radical (unpaired) electrons. The van der Waals surface area contributed by atoms with Crippen LogP contribution in [0.4, 0.5) is 11.4 Å². The molecule has 8 heteroatoms. The van der Waals surface area contributed by atoms with E-state index in [2.05, 4.69) is 40.8 Å². The molecule has 0 saturated carbocycles. The highest BCUT2D eigenvalue weighted by molar-refractivity contribution is 6.39. The summed E-state index contributed by atoms with van der Waals surface area (Å²) in [7, 11) is 6.01. The third kappa shape index (κ3) is 4.04. The third-order valence-corrected chi connectivity index (χ3v) is 5.53. The maximum absolute atomic E-state index is 12.4. The lowest BCUT2D eigenvalue weighted by molar-refractivity contribution is -0.136. The van der Waals surface area contributed by atoms with Crippen LogP contribution in [0.25, 0.3) is 0 Å². The summed E-state index contributed by atoms with van der Waals surface area (Å²) in [5, 5.41) is 5.35. The molecule has 0 unspecified atom stereocenters. The van der Waals surface area contributed by atoms with E-state index in [0.717, 1.165) is 18.5 Å². The topological polar surface area (TPSA) is 83.1 Å². The molecule has 158 valence electrons. The molecule has 2 aliphatic rings. The number of amides is 2. The summed E-state index contributed by atoms with van der Waals surface area (Å²) in [6.45, 7) is 1.50. The Balaban J connectivity index is 1.38. The maximum Gasteiger partial charge on any atom is 0.313 e. The van der Waals surface area contributed by atoms with Gasteiger partial charge < -0.3 is 29.9 Å². The number of benzene rings is 2. The van der Waals surface area contributed by atoms with E-state index in [9.17, 15) is 9.59 Å². The molecule has 0 aliphatic carbocycles. The summed E-state index contributed by atoms with van der Waals surface area (Å²) >= 11 is 0. The van der Waals surface area contributed by atoms with Crippen molar-refractivity contribution in [1.29, 1.82) is 0 Å². The van der Waals surface area contributed by atoms with E-state index in [0.29, 0.717) is 23.7 Å². The van der Waals surface area contributed by atoms with Crippen molar-refractivity contribution in [2.75, 3.05) is 51.2 Å². The van der Waals surface area contributed by atoms with Crippen LogP contribution in [-0.2, 0) is 16.0 Å². The Morgan fingerprint density at radius 2 is 1.90 bits per heavy atom. The van der Waals surface area contributed by atoms with Crippen molar-refractivity contribution < 1.29 is 19.1 Å². The minimum absolute atomic E-state index is 0.0384. The molecule has 2 amide bonds. The van der Waals surface area contributed by atoms with Gasteiger partial charge in [0.25, 0.3) is 0 Å². The van der Waals surface area contributed by atoms with Gasteiger partial charge in [-0.15, -0.1) is 0 Å². The largest absolute Gasteiger partial charge is 0.454 e. The summed E-state index contributed by atoms with van der Waals surface area (Å²) in [4.78, 5) is 29.0. The van der Waals surface area contributed by atoms with Gasteiger partial charge in [-0.1, -0.05) is 12.1 Å². The van der Waals surface area contributed by atoms with Gasteiger partial charge in [0.15, 0.2) is 11.5 Å². The van der Waals surface area contributed by atoms with Crippen molar-refractivity contribution >= 4 is 23.2 Å². The van der Waals surface area contributed by atoms with Crippen molar-refractivity contribution in [3.05, 3.63) is 47.5 Å². The van der Waals surface area contributed by atoms with Gasteiger partial charge >= 0.3 is 11.8 Å². The molecule has 0 aromatic heterocycles. The zero-order valence-corrected chi connectivity index (χ0v) is 17.4. The first kappa shape index (κ1) is 20.0. The van der Waals surface area contributed by atoms with Crippen LogP contribution < -0.4 is 25.0 Å². The number of rotatable bonds is 5. The minimum atomic E-state index is -0.720. The molecule has 30 heavy (non-hydrogen) atoms. The number of anilines is 2. The summed E-state index contributed by atoms with van der Waals surface area (Å²) in [6, 6.07) is 11.4. The number of likely N-dealkylation sites (N-methyl/N-ethyl adjacent to an activating group) is 2. The molecule has 8 nitrogen and oxygen atoms in total. The van der Waals surface area contributed by atoms with Crippen LogP contribution in [0, 0.1) is 0 Å². The predicted molar refractivity (Wildman–Crippen MR) is 114 cm³/mol. The summed E-state index contributed by atoms with van der Waals surface area (Å²) in [5.41, 5.74) is 4.16. The second-order valence-corrected chi connectivity index (χ2v) is 7.77. The number of nitrogens with zero attached hydrogens (tertiary/aromatic N) is 2. The van der Waals surface area contributed by atoms with Crippen molar-refractivity contribution in [3.8, 4) is 11.5 Å². The first-order valence-electron chi connectivity index (χ1n) is 9.91. The van der Waals surface area contributed by atoms with Crippen LogP contribution in [0.2, 0.25) is 0 Å². The van der Waals surface area contributed by atoms with E-state index in [1.54, 1.807) is 18.2 Å². The van der Waals surface area contributed by atoms with Crippen LogP contribution in [0.1, 0.15) is 17.2 Å². The van der Waals surface area contributed by atoms with Crippen LogP contribution in [0.15, 0.2) is 36.4 Å². The van der Waals surface area contributed by atoms with Gasteiger partial charge in [-0.05, 0) is 49.8 Å². The number of carbonyl (C=O) groups is 2. The van der Waals surface area contributed by atoms with E-state index in [4.69, 9.17) is 9.47 Å². The number of hydrogen-bond acceptors (Lipinski definition) is 6. The van der Waals surface area contributed by atoms with Gasteiger partial charge in [0, 0.05) is 37.6 Å². The van der Waals surface area contributed by atoms with Crippen molar-refractivity contribution in [1.82, 2.24) is 10.2 Å². The van der Waals surface area contributed by atoms with Crippen LogP contribution in [-0.4, -0.2) is 57.7 Å².